The first-order valence-corrected chi connectivity index (χ1v) is 11.5. The number of carbonyl (C=O) groups is 2. The van der Waals surface area contributed by atoms with E-state index in [0.717, 1.165) is 11.1 Å². The molecule has 35 heavy (non-hydrogen) atoms. The van der Waals surface area contributed by atoms with E-state index in [1.807, 2.05) is 43.3 Å². The van der Waals surface area contributed by atoms with Crippen molar-refractivity contribution >= 4 is 17.4 Å². The van der Waals surface area contributed by atoms with Crippen LogP contribution in [0.15, 0.2) is 78.6 Å². The zero-order valence-electron chi connectivity index (χ0n) is 19.8. The van der Waals surface area contributed by atoms with Gasteiger partial charge in [0.2, 0.25) is 0 Å². The predicted octanol–water partition coefficient (Wildman–Crippen LogP) is 4.43. The highest BCUT2D eigenvalue weighted by atomic mass is 16.5. The maximum atomic E-state index is 13.1. The molecule has 1 aliphatic rings. The smallest absolute Gasteiger partial charge is 0.295 e. The highest BCUT2D eigenvalue weighted by Gasteiger charge is 2.46. The van der Waals surface area contributed by atoms with Crippen molar-refractivity contribution in [3.63, 3.8) is 0 Å². The second-order valence-electron chi connectivity index (χ2n) is 8.38. The van der Waals surface area contributed by atoms with Gasteiger partial charge in [-0.05, 0) is 54.3 Å². The Hall–Kier alpha value is -3.97. The molecule has 3 aromatic rings. The van der Waals surface area contributed by atoms with Crippen LogP contribution in [0.5, 0.6) is 5.75 Å². The zero-order chi connectivity index (χ0) is 24.8. The van der Waals surface area contributed by atoms with Crippen molar-refractivity contribution in [3.05, 3.63) is 101 Å². The highest BCUT2D eigenvalue weighted by molar-refractivity contribution is 6.46. The van der Waals surface area contributed by atoms with Gasteiger partial charge in [-0.3, -0.25) is 14.6 Å². The average molecular weight is 473 g/mol. The second kappa shape index (κ2) is 11.0. The molecule has 0 spiro atoms. The third kappa shape index (κ3) is 5.25. The van der Waals surface area contributed by atoms with Crippen LogP contribution in [0.3, 0.4) is 0 Å². The van der Waals surface area contributed by atoms with Crippen LogP contribution in [0, 0.1) is 6.92 Å². The minimum Gasteiger partial charge on any atom is -0.507 e. The quantitative estimate of drug-likeness (QED) is 0.215. The van der Waals surface area contributed by atoms with Gasteiger partial charge in [-0.25, -0.2) is 0 Å². The number of benzene rings is 2. The standard InChI is InChI=1S/C28H28N2O5/c1-19-16-22(35-18-20-8-4-3-5-9-20)11-12-23(19)26(31)24-25(21-10-6-13-29-17-21)30(14-7-15-34-2)28(33)27(24)32/h3-6,8-13,16-17,25,31H,7,14-15,18H2,1-2H3/b26-24+. The molecule has 1 fully saturated rings. The molecule has 7 heteroatoms. The van der Waals surface area contributed by atoms with Gasteiger partial charge >= 0.3 is 0 Å². The summed E-state index contributed by atoms with van der Waals surface area (Å²) in [5.74, 6) is -0.917. The number of Topliss-reactive ketones (excluding diaryl/α,β-unsaturated/α-hetero) is 1. The third-order valence-corrected chi connectivity index (χ3v) is 5.99. The molecule has 1 saturated heterocycles. The fourth-order valence-corrected chi connectivity index (χ4v) is 4.25. The lowest BCUT2D eigenvalue weighted by Crippen LogP contribution is -2.31. The summed E-state index contributed by atoms with van der Waals surface area (Å²) in [6, 6.07) is 17.9. The summed E-state index contributed by atoms with van der Waals surface area (Å²) in [6.45, 7) is 3.02. The van der Waals surface area contributed by atoms with Gasteiger partial charge in [-0.15, -0.1) is 0 Å². The van der Waals surface area contributed by atoms with Crippen molar-refractivity contribution in [1.29, 1.82) is 0 Å². The normalized spacial score (nSPS) is 17.1. The molecule has 0 aliphatic carbocycles. The monoisotopic (exact) mass is 472 g/mol. The van der Waals surface area contributed by atoms with Gasteiger partial charge < -0.3 is 19.5 Å². The first kappa shape index (κ1) is 24.2. The highest BCUT2D eigenvalue weighted by Crippen LogP contribution is 2.40. The summed E-state index contributed by atoms with van der Waals surface area (Å²) in [6.07, 6.45) is 3.80. The van der Waals surface area contributed by atoms with Crippen LogP contribution in [0.4, 0.5) is 0 Å². The topological polar surface area (TPSA) is 89.0 Å². The number of ether oxygens (including phenoxy) is 2. The Bertz CT molecular complexity index is 1220. The number of nitrogens with zero attached hydrogens (tertiary/aromatic N) is 2. The minimum atomic E-state index is -0.728. The summed E-state index contributed by atoms with van der Waals surface area (Å²) in [4.78, 5) is 31.7. The summed E-state index contributed by atoms with van der Waals surface area (Å²) >= 11 is 0. The first-order chi connectivity index (χ1) is 17.0. The van der Waals surface area contributed by atoms with Crippen LogP contribution < -0.4 is 4.74 Å². The molecule has 0 saturated carbocycles. The average Bonchev–Trinajstić information content (AvgIpc) is 3.13. The van der Waals surface area contributed by atoms with Gasteiger partial charge in [-0.2, -0.15) is 0 Å². The number of likely N-dealkylation sites (tertiary alicyclic amines) is 1. The van der Waals surface area contributed by atoms with E-state index in [0.29, 0.717) is 43.1 Å². The second-order valence-corrected chi connectivity index (χ2v) is 8.38. The van der Waals surface area contributed by atoms with Crippen molar-refractivity contribution in [2.24, 2.45) is 0 Å². The molecule has 0 bridgehead atoms. The Kier molecular flexibility index (Phi) is 7.57. The Morgan fingerprint density at radius 1 is 1.09 bits per heavy atom. The number of carbonyl (C=O) groups excluding carboxylic acids is 2. The Balaban J connectivity index is 1.67. The molecule has 2 aromatic carbocycles. The van der Waals surface area contributed by atoms with E-state index in [9.17, 15) is 14.7 Å². The number of hydrogen-bond acceptors (Lipinski definition) is 6. The SMILES string of the molecule is COCCCN1C(=O)C(=O)/C(=C(/O)c2ccc(OCc3ccccc3)cc2C)C1c1cccnc1. The first-order valence-electron chi connectivity index (χ1n) is 11.5. The number of pyridine rings is 1. The molecule has 1 N–H and O–H groups in total. The lowest BCUT2D eigenvalue weighted by atomic mass is 9.94. The van der Waals surface area contributed by atoms with Gasteiger partial charge in [0, 0.05) is 38.2 Å². The number of rotatable bonds is 9. The van der Waals surface area contributed by atoms with E-state index in [2.05, 4.69) is 4.98 Å². The zero-order valence-corrected chi connectivity index (χ0v) is 19.8. The van der Waals surface area contributed by atoms with E-state index in [1.165, 1.54) is 4.90 Å². The Labute approximate surface area is 204 Å². The maximum absolute atomic E-state index is 13.1. The molecular weight excluding hydrogens is 444 g/mol. The van der Waals surface area contributed by atoms with E-state index in [-0.39, 0.29) is 11.3 Å². The minimum absolute atomic E-state index is 0.0569. The summed E-state index contributed by atoms with van der Waals surface area (Å²) in [5, 5.41) is 11.3. The molecule has 0 radical (unpaired) electrons. The van der Waals surface area contributed by atoms with Crippen molar-refractivity contribution in [3.8, 4) is 5.75 Å². The fourth-order valence-electron chi connectivity index (χ4n) is 4.25. The van der Waals surface area contributed by atoms with Gasteiger partial charge in [0.15, 0.2) is 0 Å². The number of aromatic nitrogens is 1. The Morgan fingerprint density at radius 2 is 1.89 bits per heavy atom. The molecule has 4 rings (SSSR count). The fraction of sp³-hybridized carbons (Fsp3) is 0.250. The number of amides is 1. The Morgan fingerprint density at radius 3 is 2.57 bits per heavy atom. The maximum Gasteiger partial charge on any atom is 0.295 e. The van der Waals surface area contributed by atoms with Gasteiger partial charge in [0.05, 0.1) is 11.6 Å². The van der Waals surface area contributed by atoms with Crippen LogP contribution >= 0.6 is 0 Å². The molecule has 1 aliphatic heterocycles. The third-order valence-electron chi connectivity index (χ3n) is 5.99. The van der Waals surface area contributed by atoms with E-state index >= 15 is 0 Å². The molecule has 180 valence electrons. The molecule has 1 atom stereocenters. The van der Waals surface area contributed by atoms with Crippen molar-refractivity contribution < 1.29 is 24.2 Å². The molecular formula is C28H28N2O5. The lowest BCUT2D eigenvalue weighted by molar-refractivity contribution is -0.140. The molecule has 1 aromatic heterocycles. The number of hydrogen-bond donors (Lipinski definition) is 1. The number of aryl methyl sites for hydroxylation is 1. The van der Waals surface area contributed by atoms with Gasteiger partial charge in [0.1, 0.15) is 18.1 Å². The predicted molar refractivity (Wildman–Crippen MR) is 132 cm³/mol. The van der Waals surface area contributed by atoms with E-state index in [1.54, 1.807) is 43.8 Å². The molecule has 1 unspecified atom stereocenters. The summed E-state index contributed by atoms with van der Waals surface area (Å²) in [5.41, 5.74) is 2.96. The molecule has 2 heterocycles. The molecule has 7 nitrogen and oxygen atoms in total. The summed E-state index contributed by atoms with van der Waals surface area (Å²) in [7, 11) is 1.59. The van der Waals surface area contributed by atoms with Crippen LogP contribution in [-0.4, -0.2) is 46.9 Å². The number of ketones is 1. The van der Waals surface area contributed by atoms with E-state index in [4.69, 9.17) is 9.47 Å². The van der Waals surface area contributed by atoms with Crippen molar-refractivity contribution in [2.75, 3.05) is 20.3 Å². The number of aliphatic hydroxyl groups is 1. The van der Waals surface area contributed by atoms with Crippen LogP contribution in [0.1, 0.15) is 34.7 Å². The number of aliphatic hydroxyl groups excluding tert-OH is 1. The van der Waals surface area contributed by atoms with Gasteiger partial charge in [-0.1, -0.05) is 36.4 Å². The van der Waals surface area contributed by atoms with Crippen LogP contribution in [0.2, 0.25) is 0 Å². The van der Waals surface area contributed by atoms with E-state index < -0.39 is 17.7 Å². The lowest BCUT2D eigenvalue weighted by Gasteiger charge is -2.25. The van der Waals surface area contributed by atoms with Crippen molar-refractivity contribution in [2.45, 2.75) is 26.0 Å². The molecule has 1 amide bonds. The largest absolute Gasteiger partial charge is 0.507 e. The van der Waals surface area contributed by atoms with Gasteiger partial charge in [0.25, 0.3) is 11.7 Å². The number of methoxy groups -OCH3 is 1. The summed E-state index contributed by atoms with van der Waals surface area (Å²) < 4.78 is 11.0. The van der Waals surface area contributed by atoms with Crippen molar-refractivity contribution in [1.82, 2.24) is 9.88 Å². The van der Waals surface area contributed by atoms with Crippen LogP contribution in [0.25, 0.3) is 5.76 Å². The van der Waals surface area contributed by atoms with Crippen LogP contribution in [-0.2, 0) is 20.9 Å².